The average molecular weight is 306 g/mol. The lowest BCUT2D eigenvalue weighted by Crippen LogP contribution is -2.42. The van der Waals surface area contributed by atoms with E-state index >= 15 is 0 Å². The molecule has 3 nitrogen and oxygen atoms in total. The smallest absolute Gasteiger partial charge is 0.315 e. The van der Waals surface area contributed by atoms with Gasteiger partial charge in [-0.15, -0.1) is 11.3 Å². The molecule has 2 aromatic rings. The number of nitrogens with one attached hydrogen (secondary N) is 2. The first-order valence-electron chi connectivity index (χ1n) is 6.95. The van der Waals surface area contributed by atoms with Crippen molar-refractivity contribution in [2.24, 2.45) is 0 Å². The standard InChI is InChI=1S/C16H19FN2OS/c1-12(11-13-5-2-3-7-15(13)17)19-16(20)18-9-8-14-6-4-10-21-14/h2-7,10,12H,8-9,11H2,1H3,(H2,18,19,20). The number of urea groups is 1. The molecule has 0 aliphatic heterocycles. The van der Waals surface area contributed by atoms with Crippen molar-refractivity contribution in [1.29, 1.82) is 0 Å². The molecule has 2 amide bonds. The Morgan fingerprint density at radius 3 is 2.81 bits per heavy atom. The highest BCUT2D eigenvalue weighted by molar-refractivity contribution is 7.09. The summed E-state index contributed by atoms with van der Waals surface area (Å²) in [6.07, 6.45) is 1.30. The summed E-state index contributed by atoms with van der Waals surface area (Å²) < 4.78 is 13.5. The Balaban J connectivity index is 1.71. The lowest BCUT2D eigenvalue weighted by atomic mass is 10.1. The van der Waals surface area contributed by atoms with Crippen LogP contribution in [-0.4, -0.2) is 18.6 Å². The predicted octanol–water partition coefficient (Wildman–Crippen LogP) is 3.36. The first-order valence-corrected chi connectivity index (χ1v) is 7.83. The molecule has 0 bridgehead atoms. The van der Waals surface area contributed by atoms with Crippen LogP contribution in [0.15, 0.2) is 41.8 Å². The van der Waals surface area contributed by atoms with Crippen molar-refractivity contribution in [3.05, 3.63) is 58.0 Å². The van der Waals surface area contributed by atoms with Crippen LogP contribution in [-0.2, 0) is 12.8 Å². The van der Waals surface area contributed by atoms with Crippen LogP contribution >= 0.6 is 11.3 Å². The number of benzene rings is 1. The maximum atomic E-state index is 13.5. The van der Waals surface area contributed by atoms with Gasteiger partial charge in [0, 0.05) is 17.5 Å². The van der Waals surface area contributed by atoms with Crippen molar-refractivity contribution in [2.45, 2.75) is 25.8 Å². The van der Waals surface area contributed by atoms with E-state index in [0.717, 1.165) is 6.42 Å². The number of halogens is 1. The number of carbonyl (C=O) groups is 1. The fourth-order valence-electron chi connectivity index (χ4n) is 2.07. The molecule has 0 fully saturated rings. The van der Waals surface area contributed by atoms with Gasteiger partial charge in [0.05, 0.1) is 0 Å². The fraction of sp³-hybridized carbons (Fsp3) is 0.312. The van der Waals surface area contributed by atoms with Gasteiger partial charge in [-0.25, -0.2) is 9.18 Å². The molecule has 0 saturated carbocycles. The van der Waals surface area contributed by atoms with E-state index in [1.165, 1.54) is 10.9 Å². The van der Waals surface area contributed by atoms with Crippen molar-refractivity contribution in [3.63, 3.8) is 0 Å². The van der Waals surface area contributed by atoms with E-state index < -0.39 is 0 Å². The molecule has 1 atom stereocenters. The number of amides is 2. The van der Waals surface area contributed by atoms with Crippen LogP contribution in [0.2, 0.25) is 0 Å². The van der Waals surface area contributed by atoms with Crippen LogP contribution in [0.4, 0.5) is 9.18 Å². The largest absolute Gasteiger partial charge is 0.338 e. The number of hydrogen-bond donors (Lipinski definition) is 2. The highest BCUT2D eigenvalue weighted by Gasteiger charge is 2.10. The summed E-state index contributed by atoms with van der Waals surface area (Å²) in [5.74, 6) is -0.232. The fourth-order valence-corrected chi connectivity index (χ4v) is 2.78. The quantitative estimate of drug-likeness (QED) is 0.844. The van der Waals surface area contributed by atoms with Gasteiger partial charge in [0.1, 0.15) is 5.82 Å². The molecular weight excluding hydrogens is 287 g/mol. The Bertz CT molecular complexity index is 571. The number of carbonyl (C=O) groups excluding carboxylic acids is 1. The number of thiophene rings is 1. The third-order valence-corrected chi connectivity index (χ3v) is 4.03. The topological polar surface area (TPSA) is 41.1 Å². The van der Waals surface area contributed by atoms with Crippen LogP contribution in [0.5, 0.6) is 0 Å². The van der Waals surface area contributed by atoms with E-state index in [2.05, 4.69) is 10.6 Å². The van der Waals surface area contributed by atoms with E-state index in [9.17, 15) is 9.18 Å². The maximum absolute atomic E-state index is 13.5. The van der Waals surface area contributed by atoms with Gasteiger partial charge < -0.3 is 10.6 Å². The summed E-state index contributed by atoms with van der Waals surface area (Å²) in [5.41, 5.74) is 0.615. The SMILES string of the molecule is CC(Cc1ccccc1F)NC(=O)NCCc1cccs1. The van der Waals surface area contributed by atoms with Crippen LogP contribution in [0.1, 0.15) is 17.4 Å². The monoisotopic (exact) mass is 306 g/mol. The highest BCUT2D eigenvalue weighted by atomic mass is 32.1. The molecule has 0 aliphatic rings. The van der Waals surface area contributed by atoms with E-state index in [4.69, 9.17) is 0 Å². The molecule has 0 aliphatic carbocycles. The van der Waals surface area contributed by atoms with Gasteiger partial charge in [-0.3, -0.25) is 0 Å². The molecule has 1 unspecified atom stereocenters. The minimum atomic E-state index is -0.232. The zero-order chi connectivity index (χ0) is 15.1. The molecule has 2 rings (SSSR count). The zero-order valence-electron chi connectivity index (χ0n) is 11.9. The molecule has 1 aromatic carbocycles. The molecule has 1 aromatic heterocycles. The molecule has 21 heavy (non-hydrogen) atoms. The first-order chi connectivity index (χ1) is 10.1. The Morgan fingerprint density at radius 1 is 1.29 bits per heavy atom. The second kappa shape index (κ2) is 7.78. The summed E-state index contributed by atoms with van der Waals surface area (Å²) in [5, 5.41) is 7.66. The van der Waals surface area contributed by atoms with Crippen LogP contribution in [0, 0.1) is 5.82 Å². The molecule has 0 radical (unpaired) electrons. The van der Waals surface area contributed by atoms with E-state index in [0.29, 0.717) is 18.5 Å². The lowest BCUT2D eigenvalue weighted by molar-refractivity contribution is 0.238. The molecule has 1 heterocycles. The van der Waals surface area contributed by atoms with Gasteiger partial charge in [0.15, 0.2) is 0 Å². The lowest BCUT2D eigenvalue weighted by Gasteiger charge is -2.15. The van der Waals surface area contributed by atoms with Crippen LogP contribution in [0.3, 0.4) is 0 Å². The van der Waals surface area contributed by atoms with E-state index in [1.807, 2.05) is 24.4 Å². The third-order valence-electron chi connectivity index (χ3n) is 3.10. The Labute approximate surface area is 128 Å². The Kier molecular flexibility index (Phi) is 5.75. The van der Waals surface area contributed by atoms with Gasteiger partial charge in [0.25, 0.3) is 0 Å². The Morgan fingerprint density at radius 2 is 2.10 bits per heavy atom. The third kappa shape index (κ3) is 5.19. The van der Waals surface area contributed by atoms with Crippen LogP contribution < -0.4 is 10.6 Å². The Hall–Kier alpha value is -1.88. The van der Waals surface area contributed by atoms with Gasteiger partial charge in [0.2, 0.25) is 0 Å². The van der Waals surface area contributed by atoms with Crippen molar-refractivity contribution in [2.75, 3.05) is 6.54 Å². The van der Waals surface area contributed by atoms with E-state index in [1.54, 1.807) is 29.5 Å². The zero-order valence-corrected chi connectivity index (χ0v) is 12.8. The minimum Gasteiger partial charge on any atom is -0.338 e. The molecule has 0 spiro atoms. The normalized spacial score (nSPS) is 11.9. The average Bonchev–Trinajstić information content (AvgIpc) is 2.94. The van der Waals surface area contributed by atoms with Crippen molar-refractivity contribution in [1.82, 2.24) is 10.6 Å². The van der Waals surface area contributed by atoms with Gasteiger partial charge >= 0.3 is 6.03 Å². The van der Waals surface area contributed by atoms with Crippen LogP contribution in [0.25, 0.3) is 0 Å². The minimum absolute atomic E-state index is 0.122. The number of rotatable bonds is 6. The van der Waals surface area contributed by atoms with E-state index in [-0.39, 0.29) is 17.9 Å². The summed E-state index contributed by atoms with van der Waals surface area (Å²) in [4.78, 5) is 13.0. The first kappa shape index (κ1) is 15.5. The van der Waals surface area contributed by atoms with Crippen molar-refractivity contribution >= 4 is 17.4 Å². The second-order valence-corrected chi connectivity index (χ2v) is 5.96. The second-order valence-electron chi connectivity index (χ2n) is 4.93. The van der Waals surface area contributed by atoms with Gasteiger partial charge in [-0.05, 0) is 42.8 Å². The molecule has 5 heteroatoms. The summed E-state index contributed by atoms with van der Waals surface area (Å²) in [7, 11) is 0. The number of hydrogen-bond acceptors (Lipinski definition) is 2. The van der Waals surface area contributed by atoms with Gasteiger partial charge in [-0.2, -0.15) is 0 Å². The maximum Gasteiger partial charge on any atom is 0.315 e. The molecule has 112 valence electrons. The summed E-state index contributed by atoms with van der Waals surface area (Å²) in [6, 6.07) is 10.3. The summed E-state index contributed by atoms with van der Waals surface area (Å²) in [6.45, 7) is 2.46. The molecule has 0 saturated heterocycles. The molecular formula is C16H19FN2OS. The van der Waals surface area contributed by atoms with Crippen molar-refractivity contribution < 1.29 is 9.18 Å². The summed E-state index contributed by atoms with van der Waals surface area (Å²) >= 11 is 1.68. The van der Waals surface area contributed by atoms with Gasteiger partial charge in [-0.1, -0.05) is 24.3 Å². The predicted molar refractivity (Wildman–Crippen MR) is 84.1 cm³/mol. The molecule has 2 N–H and O–H groups in total. The highest BCUT2D eigenvalue weighted by Crippen LogP contribution is 2.09. The van der Waals surface area contributed by atoms with Crippen molar-refractivity contribution in [3.8, 4) is 0 Å².